The quantitative estimate of drug-likeness (QED) is 0.773. The first-order valence-corrected chi connectivity index (χ1v) is 8.81. The molecule has 2 N–H and O–H groups in total. The molecule has 0 aromatic heterocycles. The molecule has 2 rings (SSSR count). The predicted octanol–water partition coefficient (Wildman–Crippen LogP) is 2.18. The van der Waals surface area contributed by atoms with Crippen molar-refractivity contribution >= 4 is 10.0 Å². The molecule has 0 radical (unpaired) electrons. The second kappa shape index (κ2) is 6.70. The van der Waals surface area contributed by atoms with Gasteiger partial charge in [0.2, 0.25) is 10.0 Å². The van der Waals surface area contributed by atoms with Gasteiger partial charge in [-0.1, -0.05) is 31.9 Å². The van der Waals surface area contributed by atoms with Crippen LogP contribution in [-0.2, 0) is 16.6 Å². The van der Waals surface area contributed by atoms with E-state index in [1.807, 2.05) is 26.0 Å². The number of rotatable bonds is 8. The van der Waals surface area contributed by atoms with Crippen molar-refractivity contribution in [2.45, 2.75) is 44.6 Å². The maximum atomic E-state index is 12.3. The lowest BCUT2D eigenvalue weighted by molar-refractivity contribution is 0.574. The van der Waals surface area contributed by atoms with Crippen LogP contribution < -0.4 is 10.0 Å². The van der Waals surface area contributed by atoms with Crippen molar-refractivity contribution in [3.05, 3.63) is 29.3 Å². The van der Waals surface area contributed by atoms with Crippen LogP contribution in [0, 0.1) is 12.8 Å². The molecule has 1 saturated carbocycles. The number of sulfonamides is 1. The molecule has 20 heavy (non-hydrogen) atoms. The monoisotopic (exact) mass is 296 g/mol. The highest BCUT2D eigenvalue weighted by Crippen LogP contribution is 2.31. The minimum atomic E-state index is -3.38. The van der Waals surface area contributed by atoms with E-state index in [1.54, 1.807) is 6.07 Å². The fourth-order valence-corrected chi connectivity index (χ4v) is 3.54. The highest BCUT2D eigenvalue weighted by molar-refractivity contribution is 7.89. The normalized spacial score (nSPS) is 15.5. The predicted molar refractivity (Wildman–Crippen MR) is 81.1 cm³/mol. The third-order valence-corrected chi connectivity index (χ3v) is 5.27. The van der Waals surface area contributed by atoms with Gasteiger partial charge in [0, 0.05) is 13.1 Å². The summed E-state index contributed by atoms with van der Waals surface area (Å²) < 4.78 is 27.4. The Hall–Kier alpha value is -0.910. The lowest BCUT2D eigenvalue weighted by atomic mass is 10.1. The molecule has 1 aromatic rings. The first-order valence-electron chi connectivity index (χ1n) is 7.33. The lowest BCUT2D eigenvalue weighted by Gasteiger charge is -2.11. The molecule has 0 spiro atoms. The summed E-state index contributed by atoms with van der Waals surface area (Å²) in [5.74, 6) is 0.735. The molecule has 1 aromatic carbocycles. The van der Waals surface area contributed by atoms with Gasteiger partial charge in [0.05, 0.1) is 4.90 Å². The number of nitrogens with one attached hydrogen (secondary N) is 2. The Labute approximate surface area is 122 Å². The second-order valence-corrected chi connectivity index (χ2v) is 7.25. The molecule has 0 atom stereocenters. The minimum Gasteiger partial charge on any atom is -0.313 e. The van der Waals surface area contributed by atoms with Crippen molar-refractivity contribution in [3.63, 3.8) is 0 Å². The highest BCUT2D eigenvalue weighted by atomic mass is 32.2. The van der Waals surface area contributed by atoms with Gasteiger partial charge in [-0.3, -0.25) is 0 Å². The molecule has 112 valence electrons. The van der Waals surface area contributed by atoms with E-state index in [0.717, 1.165) is 30.0 Å². The minimum absolute atomic E-state index is 0.406. The highest BCUT2D eigenvalue weighted by Gasteiger charge is 2.22. The Balaban J connectivity index is 2.07. The first-order chi connectivity index (χ1) is 9.53. The van der Waals surface area contributed by atoms with E-state index in [0.29, 0.717) is 18.0 Å². The Morgan fingerprint density at radius 2 is 2.05 bits per heavy atom. The Morgan fingerprint density at radius 3 is 2.70 bits per heavy atom. The van der Waals surface area contributed by atoms with Gasteiger partial charge in [0.15, 0.2) is 0 Å². The zero-order valence-corrected chi connectivity index (χ0v) is 13.1. The maximum absolute atomic E-state index is 12.3. The van der Waals surface area contributed by atoms with Crippen LogP contribution in [0.2, 0.25) is 0 Å². The molecule has 0 heterocycles. The van der Waals surface area contributed by atoms with E-state index in [9.17, 15) is 8.42 Å². The molecule has 0 aliphatic heterocycles. The van der Waals surface area contributed by atoms with E-state index in [-0.39, 0.29) is 0 Å². The zero-order valence-electron chi connectivity index (χ0n) is 12.3. The van der Waals surface area contributed by atoms with Crippen LogP contribution in [0.25, 0.3) is 0 Å². The Bertz CT molecular complexity index is 551. The number of hydrogen-bond acceptors (Lipinski definition) is 3. The van der Waals surface area contributed by atoms with E-state index in [2.05, 4.69) is 10.0 Å². The SMILES string of the molecule is CCNCc1ccc(C)c(S(=O)(=O)NCCC2CC2)c1. The smallest absolute Gasteiger partial charge is 0.240 e. The average Bonchev–Trinajstić information content (AvgIpc) is 3.21. The van der Waals surface area contributed by atoms with Gasteiger partial charge in [-0.15, -0.1) is 0 Å². The first kappa shape index (κ1) is 15.5. The summed E-state index contributed by atoms with van der Waals surface area (Å²) in [5.41, 5.74) is 1.80. The standard InChI is InChI=1S/C15H24N2O2S/c1-3-16-11-14-5-4-12(2)15(10-14)20(18,19)17-9-8-13-6-7-13/h4-5,10,13,16-17H,3,6-9,11H2,1-2H3. The second-order valence-electron chi connectivity index (χ2n) is 5.51. The Morgan fingerprint density at radius 1 is 1.30 bits per heavy atom. The van der Waals surface area contributed by atoms with Crippen molar-refractivity contribution in [2.24, 2.45) is 5.92 Å². The van der Waals surface area contributed by atoms with Crippen LogP contribution in [-0.4, -0.2) is 21.5 Å². The largest absolute Gasteiger partial charge is 0.313 e. The summed E-state index contributed by atoms with van der Waals surface area (Å²) >= 11 is 0. The van der Waals surface area contributed by atoms with Crippen molar-refractivity contribution in [2.75, 3.05) is 13.1 Å². The van der Waals surface area contributed by atoms with Crippen LogP contribution in [0.4, 0.5) is 0 Å². The van der Waals surface area contributed by atoms with E-state index < -0.39 is 10.0 Å². The van der Waals surface area contributed by atoms with Crippen LogP contribution in [0.5, 0.6) is 0 Å². The molecule has 1 aliphatic rings. The van der Waals surface area contributed by atoms with E-state index >= 15 is 0 Å². The molecule has 1 aliphatic carbocycles. The van der Waals surface area contributed by atoms with Crippen molar-refractivity contribution < 1.29 is 8.42 Å². The zero-order chi connectivity index (χ0) is 14.6. The third kappa shape index (κ3) is 4.30. The van der Waals surface area contributed by atoms with Gasteiger partial charge < -0.3 is 5.32 Å². The third-order valence-electron chi connectivity index (χ3n) is 3.66. The van der Waals surface area contributed by atoms with E-state index in [4.69, 9.17) is 0 Å². The van der Waals surface area contributed by atoms with Crippen molar-refractivity contribution in [3.8, 4) is 0 Å². The van der Waals surface area contributed by atoms with E-state index in [1.165, 1.54) is 12.8 Å². The number of hydrogen-bond donors (Lipinski definition) is 2. The molecular formula is C15H24N2O2S. The summed E-state index contributed by atoms with van der Waals surface area (Å²) in [7, 11) is -3.38. The van der Waals surface area contributed by atoms with Gasteiger partial charge in [0.25, 0.3) is 0 Å². The van der Waals surface area contributed by atoms with Crippen LogP contribution >= 0.6 is 0 Å². The molecule has 0 unspecified atom stereocenters. The van der Waals surface area contributed by atoms with Crippen LogP contribution in [0.3, 0.4) is 0 Å². The molecule has 0 bridgehead atoms. The molecule has 0 saturated heterocycles. The summed E-state index contributed by atoms with van der Waals surface area (Å²) in [6.45, 7) is 5.98. The van der Waals surface area contributed by atoms with Gasteiger partial charge in [-0.2, -0.15) is 0 Å². The van der Waals surface area contributed by atoms with Crippen molar-refractivity contribution in [1.82, 2.24) is 10.0 Å². The molecule has 5 heteroatoms. The van der Waals surface area contributed by atoms with Gasteiger partial charge in [0.1, 0.15) is 0 Å². The molecular weight excluding hydrogens is 272 g/mol. The van der Waals surface area contributed by atoms with Crippen molar-refractivity contribution in [1.29, 1.82) is 0 Å². The molecule has 4 nitrogen and oxygen atoms in total. The topological polar surface area (TPSA) is 58.2 Å². The fourth-order valence-electron chi connectivity index (χ4n) is 2.20. The number of benzene rings is 1. The summed E-state index contributed by atoms with van der Waals surface area (Å²) in [5, 5.41) is 3.21. The summed E-state index contributed by atoms with van der Waals surface area (Å²) in [6.07, 6.45) is 3.45. The maximum Gasteiger partial charge on any atom is 0.240 e. The van der Waals surface area contributed by atoms with Gasteiger partial charge in [-0.25, -0.2) is 13.1 Å². The lowest BCUT2D eigenvalue weighted by Crippen LogP contribution is -2.26. The Kier molecular flexibility index (Phi) is 5.18. The summed E-state index contributed by atoms with van der Waals surface area (Å²) in [4.78, 5) is 0.406. The van der Waals surface area contributed by atoms with Crippen LogP contribution in [0.15, 0.2) is 23.1 Å². The molecule has 0 amide bonds. The number of aryl methyl sites for hydroxylation is 1. The fraction of sp³-hybridized carbons (Fsp3) is 0.600. The van der Waals surface area contributed by atoms with Crippen LogP contribution in [0.1, 0.15) is 37.3 Å². The average molecular weight is 296 g/mol. The molecule has 1 fully saturated rings. The van der Waals surface area contributed by atoms with Gasteiger partial charge in [-0.05, 0) is 43.0 Å². The summed E-state index contributed by atoms with van der Waals surface area (Å²) in [6, 6.07) is 5.63. The van der Waals surface area contributed by atoms with Gasteiger partial charge >= 0.3 is 0 Å².